The number of nitrogens with zero attached hydrogens (tertiary/aromatic N) is 3. The summed E-state index contributed by atoms with van der Waals surface area (Å²) in [5, 5.41) is 27.8. The van der Waals surface area contributed by atoms with Crippen molar-refractivity contribution in [2.24, 2.45) is 0 Å². The maximum Gasteiger partial charge on any atom is 0.340 e. The molecule has 0 amide bonds. The summed E-state index contributed by atoms with van der Waals surface area (Å²) in [6.45, 7) is 31.0. The van der Waals surface area contributed by atoms with Crippen molar-refractivity contribution < 1.29 is 58.2 Å². The first-order valence-corrected chi connectivity index (χ1v) is 36.1. The van der Waals surface area contributed by atoms with E-state index in [1.54, 1.807) is 36.4 Å². The smallest absolute Gasteiger partial charge is 0.340 e. The van der Waals surface area contributed by atoms with E-state index in [1.165, 1.54) is 24.3 Å². The van der Waals surface area contributed by atoms with Crippen LogP contribution in [-0.2, 0) is 25.5 Å². The van der Waals surface area contributed by atoms with Crippen LogP contribution in [0.5, 0.6) is 46.0 Å². The van der Waals surface area contributed by atoms with Gasteiger partial charge in [-0.15, -0.1) is 0 Å². The molecule has 526 valence electrons. The van der Waals surface area contributed by atoms with Crippen molar-refractivity contribution in [2.75, 3.05) is 54.0 Å². The van der Waals surface area contributed by atoms with Gasteiger partial charge in [0.1, 0.15) is 46.0 Å². The van der Waals surface area contributed by atoms with E-state index in [4.69, 9.17) is 33.9 Å². The number of carbonyl (C=O) groups excluding carboxylic acids is 4. The Morgan fingerprint density at radius 2 is 0.747 bits per heavy atom. The molecule has 4 heterocycles. The Hall–Kier alpha value is -9.76. The van der Waals surface area contributed by atoms with E-state index >= 15 is 0 Å². The third-order valence-corrected chi connectivity index (χ3v) is 17.7. The number of benzene rings is 8. The number of esters is 2. The molecule has 15 nitrogen and oxygen atoms in total. The summed E-state index contributed by atoms with van der Waals surface area (Å²) in [7, 11) is 0. The van der Waals surface area contributed by atoms with Gasteiger partial charge in [-0.1, -0.05) is 170 Å². The van der Waals surface area contributed by atoms with Gasteiger partial charge in [-0.3, -0.25) is 9.59 Å². The monoisotopic (exact) mass is 1350 g/mol. The molecular weight excluding hydrogens is 1240 g/mol. The van der Waals surface area contributed by atoms with Gasteiger partial charge in [0, 0.05) is 96.8 Å². The topological polar surface area (TPSA) is 185 Å². The van der Waals surface area contributed by atoms with Gasteiger partial charge in [-0.25, -0.2) is 9.59 Å². The zero-order valence-corrected chi connectivity index (χ0v) is 60.3. The standard InChI is InChI=1S/C50H52N2O6.C22H27NO4.C6H6O2.3C2H6/c1-5-9-25-51(26-10-6-2)33-21-23-39-43(29-33)55-45-31-42-46(32-41(45)49(39)37-19-15-13-17-35(37)47(53)57-49)56-44-30-34(52(27-11-7-3)28-12-8-4)22-24-40(44)50(42)38-20-16-14-18-36(38)48(54)58-50;1-3-5-13-23(14-6-4-2)17-11-12-18(20(25)15-17)22(26)19-9-7-8-10-21(19)27-16-24;7-5-1-2-6(8)4-3-5;3*1-2/h13-24,29-32H,5-12,25-28H2,1-4H3;7-12,15-16,25H,3-6,13-14H2,1-2H3;1-4,7-8H;3*1-2H3. The van der Waals surface area contributed by atoms with Crippen LogP contribution in [0.2, 0.25) is 0 Å². The van der Waals surface area contributed by atoms with Crippen LogP contribution in [0.1, 0.15) is 230 Å². The highest BCUT2D eigenvalue weighted by Gasteiger charge is 2.58. The number of ketones is 1. The first-order chi connectivity index (χ1) is 48.3. The third-order valence-electron chi connectivity index (χ3n) is 17.7. The number of carbonyl (C=O) groups is 4. The lowest BCUT2D eigenvalue weighted by Gasteiger charge is -2.41. The number of phenolic OH excluding ortho intramolecular Hbond substituents is 3. The van der Waals surface area contributed by atoms with E-state index in [-0.39, 0.29) is 46.4 Å². The van der Waals surface area contributed by atoms with Crippen LogP contribution >= 0.6 is 0 Å². The lowest BCUT2D eigenvalue weighted by molar-refractivity contribution is -0.120. The molecule has 4 aliphatic rings. The Morgan fingerprint density at radius 3 is 1.12 bits per heavy atom. The highest BCUT2D eigenvalue weighted by molar-refractivity contribution is 6.12. The Labute approximate surface area is 587 Å². The first-order valence-electron chi connectivity index (χ1n) is 36.1. The number of hydrogen-bond acceptors (Lipinski definition) is 15. The van der Waals surface area contributed by atoms with Crippen LogP contribution < -0.4 is 28.9 Å². The van der Waals surface area contributed by atoms with Crippen LogP contribution in [0.15, 0.2) is 164 Å². The predicted octanol–water partition coefficient (Wildman–Crippen LogP) is 20.4. The molecule has 8 aromatic rings. The van der Waals surface area contributed by atoms with Crippen LogP contribution in [0.25, 0.3) is 0 Å². The number of ether oxygens (including phenoxy) is 5. The van der Waals surface area contributed by atoms with Crippen LogP contribution in [0.3, 0.4) is 0 Å². The van der Waals surface area contributed by atoms with E-state index in [9.17, 15) is 24.3 Å². The lowest BCUT2D eigenvalue weighted by Crippen LogP contribution is -2.36. The number of hydrogen-bond donors (Lipinski definition) is 3. The van der Waals surface area contributed by atoms with Crippen molar-refractivity contribution in [1.29, 1.82) is 0 Å². The summed E-state index contributed by atoms with van der Waals surface area (Å²) in [6, 6.07) is 49.0. The minimum atomic E-state index is -1.30. The van der Waals surface area contributed by atoms with Crippen molar-refractivity contribution in [2.45, 2.75) is 171 Å². The number of para-hydroxylation sites is 1. The largest absolute Gasteiger partial charge is 0.508 e. The van der Waals surface area contributed by atoms with Crippen LogP contribution in [-0.4, -0.2) is 78.8 Å². The Balaban J connectivity index is 0.000000278. The van der Waals surface area contributed by atoms with Gasteiger partial charge in [0.25, 0.3) is 6.47 Å². The van der Waals surface area contributed by atoms with Gasteiger partial charge in [-0.05, 0) is 136 Å². The van der Waals surface area contributed by atoms with Gasteiger partial charge < -0.3 is 53.7 Å². The molecule has 0 saturated heterocycles. The van der Waals surface area contributed by atoms with E-state index in [2.05, 4.69) is 92.6 Å². The summed E-state index contributed by atoms with van der Waals surface area (Å²) in [5.74, 6) is 1.52. The minimum absolute atomic E-state index is 0.0728. The van der Waals surface area contributed by atoms with Crippen molar-refractivity contribution in [3.8, 4) is 46.0 Å². The second kappa shape index (κ2) is 37.3. The molecule has 2 spiro atoms. The normalized spacial score (nSPS) is 14.8. The van der Waals surface area contributed by atoms with Crippen molar-refractivity contribution >= 4 is 41.3 Å². The first kappa shape index (κ1) is 76.6. The molecule has 2 atom stereocenters. The highest BCUT2D eigenvalue weighted by atomic mass is 16.6. The second-order valence-corrected chi connectivity index (χ2v) is 24.0. The van der Waals surface area contributed by atoms with Crippen LogP contribution in [0.4, 0.5) is 17.1 Å². The second-order valence-electron chi connectivity index (χ2n) is 24.0. The average Bonchev–Trinajstić information content (AvgIpc) is 1.63. The van der Waals surface area contributed by atoms with E-state index < -0.39 is 23.1 Å². The minimum Gasteiger partial charge on any atom is -0.508 e. The number of unbranched alkanes of at least 4 members (excludes halogenated alkanes) is 6. The molecule has 0 radical (unpaired) electrons. The molecule has 0 fully saturated rings. The number of phenols is 3. The fourth-order valence-electron chi connectivity index (χ4n) is 12.7. The summed E-state index contributed by atoms with van der Waals surface area (Å²) in [6.07, 6.45) is 13.0. The Kier molecular flexibility index (Phi) is 28.8. The third kappa shape index (κ3) is 16.9. The SMILES string of the molecule is CC.CC.CC.CCCCN(CCCC)c1ccc(C(=O)c2ccccc2OC=O)c(O)c1.CCCCN(CCCC)c1ccc2c(c1)Oc1cc3c(cc1C21OC(=O)c2ccccc21)Oc1cc(N(CCCC)CCCC)ccc1C31OC(=O)c2ccccc21.Oc1ccc(O)cc1. The molecule has 4 aliphatic heterocycles. The van der Waals surface area contributed by atoms with Gasteiger partial charge in [0.05, 0.1) is 33.4 Å². The number of fused-ring (bicyclic) bond motifs is 12. The Bertz CT molecular complexity index is 3750. The van der Waals surface area contributed by atoms with Crippen molar-refractivity contribution in [1.82, 2.24) is 0 Å². The molecule has 12 rings (SSSR count). The summed E-state index contributed by atoms with van der Waals surface area (Å²) in [5.41, 5.74) is 6.18. The summed E-state index contributed by atoms with van der Waals surface area (Å²) in [4.78, 5) is 58.3. The summed E-state index contributed by atoms with van der Waals surface area (Å²) < 4.78 is 32.1. The molecule has 0 aromatic heterocycles. The fourth-order valence-corrected chi connectivity index (χ4v) is 12.7. The van der Waals surface area contributed by atoms with Gasteiger partial charge in [0.15, 0.2) is 17.0 Å². The molecule has 0 saturated carbocycles. The average molecular weight is 1350 g/mol. The zero-order valence-electron chi connectivity index (χ0n) is 60.3. The molecular formula is C84H103N3O12. The number of aromatic hydroxyl groups is 3. The van der Waals surface area contributed by atoms with Gasteiger partial charge >= 0.3 is 11.9 Å². The van der Waals surface area contributed by atoms with E-state index in [0.717, 1.165) is 156 Å². The lowest BCUT2D eigenvalue weighted by atomic mass is 9.74. The van der Waals surface area contributed by atoms with Gasteiger partial charge in [0.2, 0.25) is 0 Å². The zero-order chi connectivity index (χ0) is 71.7. The summed E-state index contributed by atoms with van der Waals surface area (Å²) >= 11 is 0. The van der Waals surface area contributed by atoms with Crippen molar-refractivity contribution in [3.63, 3.8) is 0 Å². The van der Waals surface area contributed by atoms with Crippen LogP contribution in [0, 0.1) is 0 Å². The molecule has 2 unspecified atom stereocenters. The maximum absolute atomic E-state index is 13.9. The maximum atomic E-state index is 13.9. The number of anilines is 3. The van der Waals surface area contributed by atoms with Crippen molar-refractivity contribution in [3.05, 3.63) is 219 Å². The quantitative estimate of drug-likeness (QED) is 0.0212. The Morgan fingerprint density at radius 1 is 0.404 bits per heavy atom. The van der Waals surface area contributed by atoms with E-state index in [1.807, 2.05) is 108 Å². The molecule has 15 heteroatoms. The molecule has 8 aromatic carbocycles. The van der Waals surface area contributed by atoms with E-state index in [0.29, 0.717) is 45.3 Å². The highest BCUT2D eigenvalue weighted by Crippen LogP contribution is 2.62. The molecule has 99 heavy (non-hydrogen) atoms. The van der Waals surface area contributed by atoms with Gasteiger partial charge in [-0.2, -0.15) is 0 Å². The molecule has 0 aliphatic carbocycles. The molecule has 3 N–H and O–H groups in total. The fraction of sp³-hybridized carbons (Fsp3) is 0.381. The molecule has 0 bridgehead atoms. The number of rotatable bonds is 25. The predicted molar refractivity (Wildman–Crippen MR) is 398 cm³/mol.